The van der Waals surface area contributed by atoms with Crippen LogP contribution in [0.3, 0.4) is 0 Å². The molecule has 0 unspecified atom stereocenters. The van der Waals surface area contributed by atoms with Crippen molar-refractivity contribution < 1.29 is 28.9 Å². The Morgan fingerprint density at radius 3 is 1.14 bits per heavy atom. The van der Waals surface area contributed by atoms with Crippen LogP contribution in [0.1, 0.15) is 7.43 Å². The van der Waals surface area contributed by atoms with Gasteiger partial charge < -0.3 is 0 Å². The van der Waals surface area contributed by atoms with Gasteiger partial charge in [-0.15, -0.1) is 0 Å². The molecule has 0 saturated heterocycles. The first-order chi connectivity index (χ1) is 2.00. The third-order valence-corrected chi connectivity index (χ3v) is 0. The Morgan fingerprint density at radius 2 is 1.14 bits per heavy atom. The molecule has 1 radical (unpaired) electrons. The maximum Gasteiger partial charge on any atom is 0.0777 e. The molecule has 0 amide bonds. The number of hydrogen-bond acceptors (Lipinski definition) is 4. The van der Waals surface area contributed by atoms with E-state index in [9.17, 15) is 0 Å². The van der Waals surface area contributed by atoms with Crippen LogP contribution < -0.4 is 14.0 Å². The van der Waals surface area contributed by atoms with Crippen LogP contribution in [0.5, 0.6) is 0 Å². The standard InChI is InChI=1S/CH4.ClHO4.Li/c;2-1(3,4)5;/h1H4;(H,2,3,4,5);. The molecule has 0 rings (SSSR count). The molecule has 0 aromatic carbocycles. The average molecular weight is 123 g/mol. The van der Waals surface area contributed by atoms with E-state index < -0.39 is 10.2 Å². The fraction of sp³-hybridized carbons (Fsp3) is 1.00. The summed E-state index contributed by atoms with van der Waals surface area (Å²) in [6, 6.07) is 0. The maximum absolute atomic E-state index is 8.60. The molecule has 4 nitrogen and oxygen atoms in total. The molecular formula is CH5ClLiO4. The summed E-state index contributed by atoms with van der Waals surface area (Å²) in [5, 5.41) is 0. The molecule has 0 spiro atoms. The van der Waals surface area contributed by atoms with E-state index in [4.69, 9.17) is 18.6 Å². The average Bonchev–Trinajstić information content (AvgIpc) is 0.722. The van der Waals surface area contributed by atoms with Crippen LogP contribution in [0.25, 0.3) is 0 Å². The van der Waals surface area contributed by atoms with Crippen LogP contribution in [0.15, 0.2) is 0 Å². The quantitative estimate of drug-likeness (QED) is 0.334. The van der Waals surface area contributed by atoms with Crippen LogP contribution in [0, 0.1) is 10.2 Å². The van der Waals surface area contributed by atoms with Gasteiger partial charge in [-0.25, -0.2) is 0 Å². The number of rotatable bonds is 0. The second-order valence-corrected chi connectivity index (χ2v) is 1.19. The van der Waals surface area contributed by atoms with E-state index in [0.29, 0.717) is 0 Å². The zero-order chi connectivity index (χ0) is 4.50. The van der Waals surface area contributed by atoms with E-state index in [-0.39, 0.29) is 26.3 Å². The minimum absolute atomic E-state index is 0. The zero-order valence-electron chi connectivity index (χ0n) is 3.05. The van der Waals surface area contributed by atoms with E-state index in [0.717, 1.165) is 0 Å². The van der Waals surface area contributed by atoms with Crippen molar-refractivity contribution in [2.75, 3.05) is 0 Å². The minimum Gasteiger partial charge on any atom is -0.183 e. The normalized spacial score (nSPS) is 8.57. The largest absolute Gasteiger partial charge is 0.183 e. The minimum atomic E-state index is -4.69. The predicted molar refractivity (Wildman–Crippen MR) is 14.7 cm³/mol. The first-order valence-electron chi connectivity index (χ1n) is 0.632. The maximum atomic E-state index is 8.60. The van der Waals surface area contributed by atoms with Gasteiger partial charge in [0.05, 0.1) is 14.9 Å². The first-order valence-corrected chi connectivity index (χ1v) is 1.90. The Hall–Kier alpha value is 0.727. The predicted octanol–water partition coefficient (Wildman–Crippen LogP) is -3.87. The van der Waals surface area contributed by atoms with Crippen LogP contribution >= 0.6 is 0 Å². The van der Waals surface area contributed by atoms with E-state index >= 15 is 0 Å². The molecule has 0 aromatic rings. The fourth-order valence-corrected chi connectivity index (χ4v) is 0. The van der Waals surface area contributed by atoms with Crippen molar-refractivity contribution in [2.45, 2.75) is 7.43 Å². The smallest absolute Gasteiger partial charge is 0.0777 e. The summed E-state index contributed by atoms with van der Waals surface area (Å²) in [7, 11) is -4.69. The molecule has 6 heteroatoms. The Kier molecular flexibility index (Phi) is 10.9. The topological polar surface area (TPSA) is 89.4 Å². The molecule has 41 valence electrons. The molecule has 1 N–H and O–H groups in total. The van der Waals surface area contributed by atoms with Gasteiger partial charge in [0.1, 0.15) is 0 Å². The zero-order valence-corrected chi connectivity index (χ0v) is 3.81. The van der Waals surface area contributed by atoms with Gasteiger partial charge in [0.15, 0.2) is 0 Å². The SMILES string of the molecule is C.[Li].[O-][Cl+3]([O-])([O-])O. The van der Waals surface area contributed by atoms with E-state index in [2.05, 4.69) is 0 Å². The molecule has 7 heavy (non-hydrogen) atoms. The Balaban J connectivity index is -0.0000000800. The second-order valence-electron chi connectivity index (χ2n) is 0.396. The van der Waals surface area contributed by atoms with Crippen LogP contribution in [-0.2, 0) is 0 Å². The Bertz CT molecular complexity index is 27.2. The molecule has 0 aliphatic rings. The van der Waals surface area contributed by atoms with Crippen LogP contribution in [-0.4, -0.2) is 23.5 Å². The summed E-state index contributed by atoms with van der Waals surface area (Å²) in [5.41, 5.74) is 0. The summed E-state index contributed by atoms with van der Waals surface area (Å²) in [4.78, 5) is 0. The summed E-state index contributed by atoms with van der Waals surface area (Å²) >= 11 is 0. The number of halogens is 1. The van der Waals surface area contributed by atoms with E-state index in [1.807, 2.05) is 0 Å². The summed E-state index contributed by atoms with van der Waals surface area (Å²) in [6.45, 7) is 0. The van der Waals surface area contributed by atoms with Crippen molar-refractivity contribution in [1.82, 2.24) is 0 Å². The van der Waals surface area contributed by atoms with Crippen molar-refractivity contribution in [3.05, 3.63) is 0 Å². The van der Waals surface area contributed by atoms with Gasteiger partial charge in [-0.3, -0.25) is 0 Å². The molecule has 0 saturated carbocycles. The van der Waals surface area contributed by atoms with Gasteiger partial charge in [-0.1, -0.05) is 7.43 Å². The first kappa shape index (κ1) is 15.6. The Labute approximate surface area is 55.7 Å². The van der Waals surface area contributed by atoms with Crippen LogP contribution in [0.4, 0.5) is 0 Å². The van der Waals surface area contributed by atoms with Gasteiger partial charge in [0, 0.05) is 18.9 Å². The monoisotopic (exact) mass is 123 g/mol. The van der Waals surface area contributed by atoms with E-state index in [1.54, 1.807) is 0 Å². The van der Waals surface area contributed by atoms with Crippen molar-refractivity contribution in [2.24, 2.45) is 0 Å². The van der Waals surface area contributed by atoms with Gasteiger partial charge >= 0.3 is 0 Å². The molecule has 0 bridgehead atoms. The molecule has 0 heterocycles. The van der Waals surface area contributed by atoms with E-state index in [1.165, 1.54) is 0 Å². The molecule has 0 aromatic heterocycles. The molecule has 0 fully saturated rings. The van der Waals surface area contributed by atoms with Crippen molar-refractivity contribution in [3.63, 3.8) is 0 Å². The van der Waals surface area contributed by atoms with Gasteiger partial charge in [-0.05, 0) is 0 Å². The fourth-order valence-electron chi connectivity index (χ4n) is 0. The second kappa shape index (κ2) is 4.88. The van der Waals surface area contributed by atoms with Crippen molar-refractivity contribution in [3.8, 4) is 0 Å². The Morgan fingerprint density at radius 1 is 1.14 bits per heavy atom. The van der Waals surface area contributed by atoms with Gasteiger partial charge in [0.2, 0.25) is 0 Å². The molecule has 0 aliphatic heterocycles. The molecular weight excluding hydrogens is 118 g/mol. The number of hydrogen-bond donors (Lipinski definition) is 1. The van der Waals surface area contributed by atoms with Crippen molar-refractivity contribution in [1.29, 1.82) is 0 Å². The van der Waals surface area contributed by atoms with Gasteiger partial charge in [-0.2, -0.15) is 14.0 Å². The summed E-state index contributed by atoms with van der Waals surface area (Å²) < 4.78 is 32.7. The van der Waals surface area contributed by atoms with Crippen LogP contribution in [0.2, 0.25) is 0 Å². The third-order valence-electron chi connectivity index (χ3n) is 0. The molecule has 0 atom stereocenters. The third kappa shape index (κ3) is 284. The van der Waals surface area contributed by atoms with Crippen molar-refractivity contribution >= 4 is 18.9 Å². The summed E-state index contributed by atoms with van der Waals surface area (Å²) in [6.07, 6.45) is 0. The molecule has 0 aliphatic carbocycles. The summed E-state index contributed by atoms with van der Waals surface area (Å²) in [5.74, 6) is 0. The van der Waals surface area contributed by atoms with Gasteiger partial charge in [0.25, 0.3) is 0 Å².